The van der Waals surface area contributed by atoms with Crippen LogP contribution in [-0.4, -0.2) is 60.0 Å². The SMILES string of the molecule is CSc1ncccc1C(=O)N1CCC(CNC(=O)C2CC(=O)N(c3ccc(C)c(C)c3)C2)CC1. The Morgan fingerprint density at radius 3 is 2.62 bits per heavy atom. The molecule has 34 heavy (non-hydrogen) atoms. The molecule has 1 atom stereocenters. The number of aromatic nitrogens is 1. The summed E-state index contributed by atoms with van der Waals surface area (Å²) in [5.74, 6) is -0.0366. The van der Waals surface area contributed by atoms with Gasteiger partial charge in [0.15, 0.2) is 0 Å². The number of likely N-dealkylation sites (tertiary alicyclic amines) is 1. The molecule has 3 heterocycles. The maximum Gasteiger partial charge on any atom is 0.256 e. The van der Waals surface area contributed by atoms with Gasteiger partial charge in [-0.15, -0.1) is 11.8 Å². The van der Waals surface area contributed by atoms with Gasteiger partial charge >= 0.3 is 0 Å². The van der Waals surface area contributed by atoms with Crippen molar-refractivity contribution in [1.29, 1.82) is 0 Å². The molecule has 0 radical (unpaired) electrons. The van der Waals surface area contributed by atoms with Crippen molar-refractivity contribution >= 4 is 35.2 Å². The van der Waals surface area contributed by atoms with Crippen LogP contribution in [-0.2, 0) is 9.59 Å². The lowest BCUT2D eigenvalue weighted by Gasteiger charge is -2.32. The van der Waals surface area contributed by atoms with Gasteiger partial charge in [-0.3, -0.25) is 14.4 Å². The Balaban J connectivity index is 1.25. The van der Waals surface area contributed by atoms with E-state index >= 15 is 0 Å². The number of thioether (sulfide) groups is 1. The molecule has 2 fully saturated rings. The number of hydrogen-bond acceptors (Lipinski definition) is 5. The Morgan fingerprint density at radius 2 is 1.91 bits per heavy atom. The van der Waals surface area contributed by atoms with Gasteiger partial charge in [-0.2, -0.15) is 0 Å². The highest BCUT2D eigenvalue weighted by Crippen LogP contribution is 2.27. The highest BCUT2D eigenvalue weighted by molar-refractivity contribution is 7.98. The van der Waals surface area contributed by atoms with Crippen LogP contribution in [0.25, 0.3) is 0 Å². The highest BCUT2D eigenvalue weighted by Gasteiger charge is 2.35. The van der Waals surface area contributed by atoms with Crippen LogP contribution >= 0.6 is 11.8 Å². The number of aryl methyl sites for hydroxylation is 2. The van der Waals surface area contributed by atoms with Gasteiger partial charge in [-0.1, -0.05) is 6.07 Å². The number of amides is 3. The van der Waals surface area contributed by atoms with E-state index in [0.29, 0.717) is 37.7 Å². The minimum Gasteiger partial charge on any atom is -0.356 e. The number of anilines is 1. The van der Waals surface area contributed by atoms with Crippen molar-refractivity contribution in [2.45, 2.75) is 38.1 Å². The van der Waals surface area contributed by atoms with Gasteiger partial charge in [0, 0.05) is 44.5 Å². The van der Waals surface area contributed by atoms with E-state index in [2.05, 4.69) is 10.3 Å². The van der Waals surface area contributed by atoms with Crippen molar-refractivity contribution < 1.29 is 14.4 Å². The number of pyridine rings is 1. The van der Waals surface area contributed by atoms with Crippen LogP contribution in [0.1, 0.15) is 40.7 Å². The summed E-state index contributed by atoms with van der Waals surface area (Å²) in [7, 11) is 0. The predicted octanol–water partition coefficient (Wildman–Crippen LogP) is 3.44. The Kier molecular flexibility index (Phi) is 7.56. The Bertz CT molecular complexity index is 1080. The lowest BCUT2D eigenvalue weighted by atomic mass is 9.96. The standard InChI is InChI=1S/C26H32N4O3S/c1-17-6-7-21(13-18(17)2)30-16-20(14-23(30)31)24(32)28-15-19-8-11-29(12-9-19)26(33)22-5-4-10-27-25(22)34-3/h4-7,10,13,19-20H,8-9,11-12,14-16H2,1-3H3,(H,28,32). The zero-order valence-electron chi connectivity index (χ0n) is 20.0. The fourth-order valence-corrected chi connectivity index (χ4v) is 5.18. The van der Waals surface area contributed by atoms with E-state index in [4.69, 9.17) is 0 Å². The summed E-state index contributed by atoms with van der Waals surface area (Å²) in [5.41, 5.74) is 3.83. The fourth-order valence-electron chi connectivity index (χ4n) is 4.64. The summed E-state index contributed by atoms with van der Waals surface area (Å²) in [6.45, 7) is 6.42. The van der Waals surface area contributed by atoms with Crippen molar-refractivity contribution in [3.05, 3.63) is 53.2 Å². The normalized spacial score (nSPS) is 18.9. The zero-order valence-corrected chi connectivity index (χ0v) is 20.9. The molecule has 2 aliphatic heterocycles. The minimum atomic E-state index is -0.327. The van der Waals surface area contributed by atoms with Gasteiger partial charge in [-0.25, -0.2) is 4.98 Å². The average Bonchev–Trinajstić information content (AvgIpc) is 3.25. The van der Waals surface area contributed by atoms with Crippen LogP contribution in [0, 0.1) is 25.7 Å². The van der Waals surface area contributed by atoms with Gasteiger partial charge in [0.25, 0.3) is 5.91 Å². The van der Waals surface area contributed by atoms with Crippen LogP contribution in [0.2, 0.25) is 0 Å². The van der Waals surface area contributed by atoms with E-state index in [1.807, 2.05) is 49.3 Å². The number of rotatable bonds is 6. The second kappa shape index (κ2) is 10.6. The van der Waals surface area contributed by atoms with Gasteiger partial charge < -0.3 is 15.1 Å². The molecular formula is C26H32N4O3S. The van der Waals surface area contributed by atoms with Crippen molar-refractivity contribution in [3.8, 4) is 0 Å². The highest BCUT2D eigenvalue weighted by atomic mass is 32.2. The first kappa shape index (κ1) is 24.3. The lowest BCUT2D eigenvalue weighted by Crippen LogP contribution is -2.42. The van der Waals surface area contributed by atoms with Gasteiger partial charge in [0.2, 0.25) is 11.8 Å². The van der Waals surface area contributed by atoms with Crippen LogP contribution < -0.4 is 10.2 Å². The quantitative estimate of drug-likeness (QED) is 0.641. The largest absolute Gasteiger partial charge is 0.356 e. The summed E-state index contributed by atoms with van der Waals surface area (Å²) >= 11 is 1.48. The molecule has 1 aromatic heterocycles. The molecule has 8 heteroatoms. The third-order valence-corrected chi connectivity index (χ3v) is 7.67. The van der Waals surface area contributed by atoms with E-state index in [1.54, 1.807) is 17.2 Å². The summed E-state index contributed by atoms with van der Waals surface area (Å²) in [6.07, 6.45) is 5.57. The number of nitrogens with one attached hydrogen (secondary N) is 1. The molecule has 0 aliphatic carbocycles. The van der Waals surface area contributed by atoms with Gasteiger partial charge in [0.05, 0.1) is 11.5 Å². The average molecular weight is 481 g/mol. The van der Waals surface area contributed by atoms with Crippen LogP contribution in [0.5, 0.6) is 0 Å². The molecule has 2 aromatic rings. The first-order valence-corrected chi connectivity index (χ1v) is 13.0. The first-order chi connectivity index (χ1) is 16.4. The Labute approximate surface area is 205 Å². The summed E-state index contributed by atoms with van der Waals surface area (Å²) in [5, 5.41) is 3.82. The molecule has 4 rings (SSSR count). The second-order valence-corrected chi connectivity index (χ2v) is 10.0. The van der Waals surface area contributed by atoms with Crippen molar-refractivity contribution in [3.63, 3.8) is 0 Å². The molecule has 7 nitrogen and oxygen atoms in total. The third kappa shape index (κ3) is 5.27. The van der Waals surface area contributed by atoms with E-state index in [1.165, 1.54) is 17.3 Å². The number of benzene rings is 1. The Morgan fingerprint density at radius 1 is 1.15 bits per heavy atom. The smallest absolute Gasteiger partial charge is 0.256 e. The molecule has 2 aliphatic rings. The van der Waals surface area contributed by atoms with Crippen LogP contribution in [0.3, 0.4) is 0 Å². The van der Waals surface area contributed by atoms with E-state index < -0.39 is 0 Å². The van der Waals surface area contributed by atoms with Crippen molar-refractivity contribution in [2.75, 3.05) is 37.3 Å². The third-order valence-electron chi connectivity index (χ3n) is 6.96. The maximum absolute atomic E-state index is 12.9. The monoisotopic (exact) mass is 480 g/mol. The summed E-state index contributed by atoms with van der Waals surface area (Å²) in [6, 6.07) is 9.60. The molecule has 0 spiro atoms. The summed E-state index contributed by atoms with van der Waals surface area (Å²) in [4.78, 5) is 46.2. The molecule has 0 saturated carbocycles. The van der Waals surface area contributed by atoms with E-state index in [0.717, 1.165) is 29.1 Å². The van der Waals surface area contributed by atoms with Gasteiger partial charge in [0.1, 0.15) is 5.03 Å². The molecular weight excluding hydrogens is 448 g/mol. The maximum atomic E-state index is 12.9. The number of piperidine rings is 1. The molecule has 180 valence electrons. The molecule has 3 amide bonds. The van der Waals surface area contributed by atoms with Gasteiger partial charge in [-0.05, 0) is 74.3 Å². The zero-order chi connectivity index (χ0) is 24.2. The lowest BCUT2D eigenvalue weighted by molar-refractivity contribution is -0.126. The van der Waals surface area contributed by atoms with Crippen molar-refractivity contribution in [1.82, 2.24) is 15.2 Å². The number of carbonyl (C=O) groups excluding carboxylic acids is 3. The molecule has 1 N–H and O–H groups in total. The summed E-state index contributed by atoms with van der Waals surface area (Å²) < 4.78 is 0. The number of hydrogen-bond donors (Lipinski definition) is 1. The molecule has 1 aromatic carbocycles. The topological polar surface area (TPSA) is 82.6 Å². The molecule has 2 saturated heterocycles. The van der Waals surface area contributed by atoms with E-state index in [-0.39, 0.29) is 30.1 Å². The number of nitrogens with zero attached hydrogens (tertiary/aromatic N) is 3. The van der Waals surface area contributed by atoms with Crippen molar-refractivity contribution in [2.24, 2.45) is 11.8 Å². The molecule has 1 unspecified atom stereocenters. The Hall–Kier alpha value is -2.87. The second-order valence-electron chi connectivity index (χ2n) is 9.21. The van der Waals surface area contributed by atoms with E-state index in [9.17, 15) is 14.4 Å². The molecule has 0 bridgehead atoms. The number of carbonyl (C=O) groups is 3. The fraction of sp³-hybridized carbons (Fsp3) is 0.462. The minimum absolute atomic E-state index is 0.00441. The van der Waals surface area contributed by atoms with Crippen LogP contribution in [0.15, 0.2) is 41.6 Å². The predicted molar refractivity (Wildman–Crippen MR) is 134 cm³/mol. The van der Waals surface area contributed by atoms with Crippen LogP contribution in [0.4, 0.5) is 5.69 Å². The first-order valence-electron chi connectivity index (χ1n) is 11.8.